The first-order valence-electron chi connectivity index (χ1n) is 5.35. The Bertz CT molecular complexity index is 582. The van der Waals surface area contributed by atoms with Gasteiger partial charge in [-0.3, -0.25) is 10.1 Å². The lowest BCUT2D eigenvalue weighted by Crippen LogP contribution is -1.91. The summed E-state index contributed by atoms with van der Waals surface area (Å²) in [5.41, 5.74) is 7.29. The van der Waals surface area contributed by atoms with Gasteiger partial charge in [0.1, 0.15) is 0 Å². The highest BCUT2D eigenvalue weighted by molar-refractivity contribution is 7.99. The summed E-state index contributed by atoms with van der Waals surface area (Å²) in [7, 11) is 0. The summed E-state index contributed by atoms with van der Waals surface area (Å²) in [6, 6.07) is 12.5. The van der Waals surface area contributed by atoms with Gasteiger partial charge in [0.2, 0.25) is 0 Å². The minimum Gasteiger partial charge on any atom is -0.399 e. The Kier molecular flexibility index (Phi) is 3.53. The summed E-state index contributed by atoms with van der Waals surface area (Å²) < 4.78 is 0. The lowest BCUT2D eigenvalue weighted by molar-refractivity contribution is -0.387. The van der Waals surface area contributed by atoms with Crippen LogP contribution in [0.2, 0.25) is 0 Å². The van der Waals surface area contributed by atoms with E-state index in [1.807, 2.05) is 25.1 Å². The number of anilines is 1. The maximum Gasteiger partial charge on any atom is 0.283 e. The van der Waals surface area contributed by atoms with Gasteiger partial charge in [-0.1, -0.05) is 17.8 Å². The van der Waals surface area contributed by atoms with E-state index in [1.54, 1.807) is 24.3 Å². The van der Waals surface area contributed by atoms with E-state index >= 15 is 0 Å². The van der Waals surface area contributed by atoms with E-state index in [4.69, 9.17) is 5.73 Å². The van der Waals surface area contributed by atoms with Crippen molar-refractivity contribution in [1.82, 2.24) is 0 Å². The van der Waals surface area contributed by atoms with Crippen LogP contribution in [0.3, 0.4) is 0 Å². The van der Waals surface area contributed by atoms with Crippen LogP contribution in [0.4, 0.5) is 11.4 Å². The van der Waals surface area contributed by atoms with Gasteiger partial charge in [0.25, 0.3) is 5.69 Å². The van der Waals surface area contributed by atoms with Crippen molar-refractivity contribution in [1.29, 1.82) is 0 Å². The third kappa shape index (κ3) is 2.81. The number of nitrogen functional groups attached to an aromatic ring is 1. The van der Waals surface area contributed by atoms with Crippen LogP contribution in [0.15, 0.2) is 52.3 Å². The third-order valence-corrected chi connectivity index (χ3v) is 3.49. The number of nitro groups is 1. The molecule has 18 heavy (non-hydrogen) atoms. The summed E-state index contributed by atoms with van der Waals surface area (Å²) in [6.45, 7) is 1.84. The van der Waals surface area contributed by atoms with Gasteiger partial charge in [-0.05, 0) is 42.8 Å². The molecule has 0 atom stereocenters. The molecule has 4 nitrogen and oxygen atoms in total. The van der Waals surface area contributed by atoms with Crippen molar-refractivity contribution in [2.75, 3.05) is 5.73 Å². The molecule has 0 saturated heterocycles. The van der Waals surface area contributed by atoms with Crippen molar-refractivity contribution in [2.24, 2.45) is 0 Å². The number of nitrogens with zero attached hydrogens (tertiary/aromatic N) is 1. The molecule has 0 amide bonds. The Labute approximate surface area is 109 Å². The fourth-order valence-electron chi connectivity index (χ4n) is 1.52. The molecule has 0 aromatic heterocycles. The highest BCUT2D eigenvalue weighted by Gasteiger charge is 2.14. The molecule has 92 valence electrons. The van der Waals surface area contributed by atoms with Gasteiger partial charge in [-0.2, -0.15) is 0 Å². The molecule has 0 fully saturated rings. The summed E-state index contributed by atoms with van der Waals surface area (Å²) in [4.78, 5) is 12.2. The van der Waals surface area contributed by atoms with E-state index in [0.717, 1.165) is 10.5 Å². The van der Waals surface area contributed by atoms with E-state index < -0.39 is 0 Å². The van der Waals surface area contributed by atoms with Crippen LogP contribution in [0.1, 0.15) is 5.56 Å². The summed E-state index contributed by atoms with van der Waals surface area (Å²) in [5, 5.41) is 11.0. The van der Waals surface area contributed by atoms with Crippen LogP contribution in [-0.4, -0.2) is 4.92 Å². The van der Waals surface area contributed by atoms with Gasteiger partial charge in [-0.25, -0.2) is 0 Å². The van der Waals surface area contributed by atoms with E-state index in [-0.39, 0.29) is 10.6 Å². The summed E-state index contributed by atoms with van der Waals surface area (Å²) >= 11 is 1.36. The van der Waals surface area contributed by atoms with Gasteiger partial charge in [-0.15, -0.1) is 0 Å². The number of hydrogen-bond acceptors (Lipinski definition) is 4. The Morgan fingerprint density at radius 1 is 1.17 bits per heavy atom. The van der Waals surface area contributed by atoms with Gasteiger partial charge < -0.3 is 5.73 Å². The van der Waals surface area contributed by atoms with Crippen LogP contribution in [0.5, 0.6) is 0 Å². The number of nitrogens with two attached hydrogens (primary N) is 1. The molecule has 0 saturated carbocycles. The average Bonchev–Trinajstić information content (AvgIpc) is 2.34. The molecule has 2 rings (SSSR count). The normalized spacial score (nSPS) is 10.3. The second-order valence-electron chi connectivity index (χ2n) is 3.90. The molecule has 0 spiro atoms. The number of aryl methyl sites for hydroxylation is 1. The van der Waals surface area contributed by atoms with E-state index in [9.17, 15) is 10.1 Å². The first kappa shape index (κ1) is 12.4. The van der Waals surface area contributed by atoms with Gasteiger partial charge in [0.15, 0.2) is 0 Å². The van der Waals surface area contributed by atoms with Crippen LogP contribution < -0.4 is 5.73 Å². The standard InChI is InChI=1S/C13H12N2O2S/c1-9-2-7-13(12(8-9)15(16)17)18-11-5-3-10(14)4-6-11/h2-8H,14H2,1H3. The average molecular weight is 260 g/mol. The fraction of sp³-hybridized carbons (Fsp3) is 0.0769. The predicted octanol–water partition coefficient (Wildman–Crippen LogP) is 3.64. The molecule has 2 aromatic carbocycles. The lowest BCUT2D eigenvalue weighted by atomic mass is 10.2. The van der Waals surface area contributed by atoms with Crippen molar-refractivity contribution in [3.05, 3.63) is 58.1 Å². The van der Waals surface area contributed by atoms with Crippen LogP contribution in [0.25, 0.3) is 0 Å². The van der Waals surface area contributed by atoms with Gasteiger partial charge in [0, 0.05) is 16.6 Å². The molecule has 0 bridgehead atoms. The minimum atomic E-state index is -0.355. The zero-order valence-corrected chi connectivity index (χ0v) is 10.6. The second kappa shape index (κ2) is 5.10. The van der Waals surface area contributed by atoms with Crippen LogP contribution >= 0.6 is 11.8 Å². The van der Waals surface area contributed by atoms with Crippen molar-refractivity contribution in [3.63, 3.8) is 0 Å². The van der Waals surface area contributed by atoms with E-state index in [0.29, 0.717) is 10.6 Å². The molecule has 0 aliphatic rings. The summed E-state index contributed by atoms with van der Waals surface area (Å²) in [6.07, 6.45) is 0. The number of nitro benzene ring substituents is 1. The lowest BCUT2D eigenvalue weighted by Gasteiger charge is -2.04. The quantitative estimate of drug-likeness (QED) is 0.519. The van der Waals surface area contributed by atoms with Crippen molar-refractivity contribution in [3.8, 4) is 0 Å². The third-order valence-electron chi connectivity index (χ3n) is 2.42. The SMILES string of the molecule is Cc1ccc(Sc2ccc(N)cc2)c([N+](=O)[O-])c1. The number of benzene rings is 2. The van der Waals surface area contributed by atoms with Crippen LogP contribution in [-0.2, 0) is 0 Å². The smallest absolute Gasteiger partial charge is 0.283 e. The summed E-state index contributed by atoms with van der Waals surface area (Å²) in [5.74, 6) is 0. The molecule has 0 radical (unpaired) electrons. The Hall–Kier alpha value is -2.01. The molecular formula is C13H12N2O2S. The molecule has 0 aliphatic carbocycles. The monoisotopic (exact) mass is 260 g/mol. The maximum absolute atomic E-state index is 11.0. The minimum absolute atomic E-state index is 0.136. The zero-order valence-electron chi connectivity index (χ0n) is 9.79. The van der Waals surface area contributed by atoms with Crippen molar-refractivity contribution >= 4 is 23.1 Å². The first-order valence-corrected chi connectivity index (χ1v) is 6.16. The van der Waals surface area contributed by atoms with Crippen LogP contribution in [0, 0.1) is 17.0 Å². The Morgan fingerprint density at radius 3 is 2.44 bits per heavy atom. The molecular weight excluding hydrogens is 248 g/mol. The Morgan fingerprint density at radius 2 is 1.83 bits per heavy atom. The predicted molar refractivity (Wildman–Crippen MR) is 72.8 cm³/mol. The molecule has 0 unspecified atom stereocenters. The van der Waals surface area contributed by atoms with Crippen molar-refractivity contribution < 1.29 is 4.92 Å². The fourth-order valence-corrected chi connectivity index (χ4v) is 2.42. The van der Waals surface area contributed by atoms with E-state index in [2.05, 4.69) is 0 Å². The zero-order chi connectivity index (χ0) is 13.1. The molecule has 2 N–H and O–H groups in total. The molecule has 2 aromatic rings. The van der Waals surface area contributed by atoms with Gasteiger partial charge in [0.05, 0.1) is 9.82 Å². The second-order valence-corrected chi connectivity index (χ2v) is 5.01. The molecule has 0 aliphatic heterocycles. The molecule has 0 heterocycles. The number of hydrogen-bond donors (Lipinski definition) is 1. The van der Waals surface area contributed by atoms with E-state index in [1.165, 1.54) is 11.8 Å². The maximum atomic E-state index is 11.0. The highest BCUT2D eigenvalue weighted by atomic mass is 32.2. The first-order chi connectivity index (χ1) is 8.56. The number of rotatable bonds is 3. The topological polar surface area (TPSA) is 69.2 Å². The highest BCUT2D eigenvalue weighted by Crippen LogP contribution is 2.35. The largest absolute Gasteiger partial charge is 0.399 e. The van der Waals surface area contributed by atoms with Crippen molar-refractivity contribution in [2.45, 2.75) is 16.7 Å². The molecule has 5 heteroatoms. The van der Waals surface area contributed by atoms with Gasteiger partial charge >= 0.3 is 0 Å². The Balaban J connectivity index is 2.34.